The van der Waals surface area contributed by atoms with Crippen LogP contribution >= 0.6 is 0 Å². The molecule has 456 valence electrons. The molecule has 0 saturated heterocycles. The number of unbranched alkanes of at least 4 members (excludes halogenated alkanes) is 1. The molecule has 2 aromatic rings. The van der Waals surface area contributed by atoms with Crippen molar-refractivity contribution in [1.82, 2.24) is 46.6 Å². The van der Waals surface area contributed by atoms with Gasteiger partial charge < -0.3 is 60.9 Å². The van der Waals surface area contributed by atoms with Gasteiger partial charge in [-0.25, -0.2) is 18.0 Å². The molecule has 1 heterocycles. The third kappa shape index (κ3) is 37.5. The largest absolute Gasteiger partial charge is 0.481 e. The first-order chi connectivity index (χ1) is 38.7. The number of aromatic amines is 1. The van der Waals surface area contributed by atoms with Crippen LogP contribution in [0.4, 0.5) is 5.69 Å². The number of ketones is 2. The first-order valence-electron chi connectivity index (χ1n) is 27.0. The molecule has 10 N–H and O–H groups in total. The van der Waals surface area contributed by atoms with E-state index in [1.807, 2.05) is 23.8 Å². The highest BCUT2D eigenvalue weighted by atomic mass is 32.2. The molecule has 0 aliphatic carbocycles. The number of nitrogens with zero attached hydrogens (tertiary/aromatic N) is 3. The Labute approximate surface area is 471 Å². The first kappa shape index (κ1) is 72.0. The third-order valence-electron chi connectivity index (χ3n) is 11.4. The van der Waals surface area contributed by atoms with Crippen LogP contribution in [0.25, 0.3) is 0 Å². The van der Waals surface area contributed by atoms with Crippen molar-refractivity contribution < 1.29 is 90.6 Å². The Balaban J connectivity index is 0.000000830. The summed E-state index contributed by atoms with van der Waals surface area (Å²) >= 11 is 0. The van der Waals surface area contributed by atoms with E-state index in [9.17, 15) is 66.6 Å². The molecule has 0 radical (unpaired) electrons. The second-order valence-electron chi connectivity index (χ2n) is 18.2. The predicted molar refractivity (Wildman–Crippen MR) is 290 cm³/mol. The van der Waals surface area contributed by atoms with Crippen LogP contribution in [0.2, 0.25) is 0 Å². The lowest BCUT2D eigenvalue weighted by molar-refractivity contribution is -0.145. The summed E-state index contributed by atoms with van der Waals surface area (Å²) in [5.41, 5.74) is 1.52. The summed E-state index contributed by atoms with van der Waals surface area (Å²) in [4.78, 5) is 117. The second kappa shape index (κ2) is 43.7. The van der Waals surface area contributed by atoms with Crippen molar-refractivity contribution in [3.8, 4) is 0 Å². The Morgan fingerprint density at radius 1 is 0.605 bits per heavy atom. The van der Waals surface area contributed by atoms with Crippen LogP contribution in [0, 0.1) is 5.92 Å². The number of hydrogen-bond donors (Lipinski definition) is 10. The lowest BCUT2D eigenvalue weighted by Gasteiger charge is -2.15. The number of carboxylic acid groups (broad SMARTS) is 3. The summed E-state index contributed by atoms with van der Waals surface area (Å²) in [6.45, 7) is 7.45. The molecule has 3 atom stereocenters. The molecule has 1 aromatic heterocycles. The Hall–Kier alpha value is -7.02. The molecule has 0 spiro atoms. The number of carbonyl (C=O) groups excluding carboxylic acids is 7. The molecule has 2 rings (SSSR count). The number of aryl methyl sites for hydroxylation is 1. The zero-order valence-corrected chi connectivity index (χ0v) is 47.3. The fraction of sp³-hybridized carbons (Fsp3) is 0.667. The zero-order chi connectivity index (χ0) is 60.3. The maximum absolute atomic E-state index is 12.2. The van der Waals surface area contributed by atoms with E-state index in [0.29, 0.717) is 76.1 Å². The monoisotopic (exact) mass is 1170 g/mol. The number of amides is 5. The second-order valence-corrected chi connectivity index (χ2v) is 20.0. The van der Waals surface area contributed by atoms with E-state index in [1.165, 1.54) is 0 Å². The highest BCUT2D eigenvalue weighted by Gasteiger charge is 2.25. The smallest absolute Gasteiger partial charge is 0.326 e. The number of H-pyrrole nitrogens is 1. The number of anilines is 1. The SMILES string of the molecule is CCC(NC(=O)CC[C@H](CC(=O)COCCOCCNC(=O)CCCS(=O)(=O)NC(=O)CCCc1nn[nH]n1)C(=O)O)C(=O)O.CCCNc1ccc(C(=O)NCCCC[C@H](NC(=O)COCCOCCCC(=O)CC)C(=O)O)cc1. The lowest BCUT2D eigenvalue weighted by atomic mass is 9.97. The number of carboxylic acids is 3. The Morgan fingerprint density at radius 3 is 1.89 bits per heavy atom. The number of tetrazole rings is 1. The molecule has 5 amide bonds. The molecule has 1 aromatic carbocycles. The Morgan fingerprint density at radius 2 is 1.26 bits per heavy atom. The number of rotatable bonds is 47. The minimum Gasteiger partial charge on any atom is -0.481 e. The van der Waals surface area contributed by atoms with Gasteiger partial charge in [0.05, 0.1) is 44.7 Å². The van der Waals surface area contributed by atoms with Gasteiger partial charge in [0, 0.05) is 82.4 Å². The fourth-order valence-corrected chi connectivity index (χ4v) is 8.00. The molecule has 1 unspecified atom stereocenters. The van der Waals surface area contributed by atoms with Crippen molar-refractivity contribution in [1.29, 1.82) is 0 Å². The molecular weight excluding hydrogens is 1090 g/mol. The lowest BCUT2D eigenvalue weighted by Crippen LogP contribution is -2.42. The number of carbonyl (C=O) groups is 10. The number of sulfonamides is 1. The van der Waals surface area contributed by atoms with E-state index < -0.39 is 81.1 Å². The predicted octanol–water partition coefficient (Wildman–Crippen LogP) is 1.09. The molecule has 0 bridgehead atoms. The first-order valence-corrected chi connectivity index (χ1v) is 28.6. The number of nitrogens with one attached hydrogen (secondary N) is 7. The maximum Gasteiger partial charge on any atom is 0.326 e. The number of ether oxygens (including phenoxy) is 4. The van der Waals surface area contributed by atoms with Gasteiger partial charge in [0.15, 0.2) is 11.6 Å². The standard InChI is InChI=1S/C26H41N3O7.C25H41N7O12S/c1-3-14-27-21-12-10-20(11-13-21)25(32)28-15-6-5-9-23(26(33)34)29-24(31)19-36-18-17-35-16-7-8-22(30)4-2;1-2-19(25(39)40)27-22(35)9-8-17(24(37)38)15-18(33)16-44-13-12-43-11-10-26-21(34)7-4-14-45(41,42)30-23(36)6-3-5-20-28-31-32-29-20/h10-13,23,27H,3-9,14-19H2,1-2H3,(H,28,32)(H,29,31)(H,33,34);17,19H,2-16H2,1H3,(H,26,34)(H,27,35)(H,30,36)(H,37,38)(H,39,40)(H,28,29,31,32)/t23-;17-,19?/m01/s1. The van der Waals surface area contributed by atoms with Gasteiger partial charge in [-0.3, -0.25) is 43.1 Å². The fourth-order valence-electron chi connectivity index (χ4n) is 6.92. The normalized spacial score (nSPS) is 12.1. The van der Waals surface area contributed by atoms with Crippen LogP contribution in [0.5, 0.6) is 0 Å². The maximum atomic E-state index is 12.2. The molecule has 0 saturated carbocycles. The van der Waals surface area contributed by atoms with Crippen molar-refractivity contribution in [2.75, 3.05) is 83.6 Å². The Bertz CT molecular complexity index is 2330. The van der Waals surface area contributed by atoms with Gasteiger partial charge in [-0.05, 0) is 82.1 Å². The number of benzene rings is 1. The Kier molecular flexibility index (Phi) is 38.9. The summed E-state index contributed by atoms with van der Waals surface area (Å²) in [6.07, 6.45) is 4.03. The van der Waals surface area contributed by atoms with Crippen molar-refractivity contribution in [2.24, 2.45) is 5.92 Å². The van der Waals surface area contributed by atoms with Gasteiger partial charge in [-0.15, -0.1) is 10.2 Å². The van der Waals surface area contributed by atoms with E-state index >= 15 is 0 Å². The van der Waals surface area contributed by atoms with Crippen LogP contribution in [0.1, 0.15) is 133 Å². The third-order valence-corrected chi connectivity index (χ3v) is 12.7. The summed E-state index contributed by atoms with van der Waals surface area (Å²) in [5.74, 6) is -7.37. The summed E-state index contributed by atoms with van der Waals surface area (Å²) in [7, 11) is -3.89. The van der Waals surface area contributed by atoms with E-state index in [0.717, 1.165) is 18.7 Å². The molecule has 29 nitrogen and oxygen atoms in total. The highest BCUT2D eigenvalue weighted by molar-refractivity contribution is 7.90. The van der Waals surface area contributed by atoms with Crippen molar-refractivity contribution in [2.45, 2.75) is 136 Å². The number of aromatic nitrogens is 4. The van der Waals surface area contributed by atoms with Gasteiger partial charge in [0.2, 0.25) is 33.7 Å². The van der Waals surface area contributed by atoms with E-state index in [4.69, 9.17) is 24.1 Å². The van der Waals surface area contributed by atoms with Crippen LogP contribution < -0.4 is 31.3 Å². The van der Waals surface area contributed by atoms with Crippen LogP contribution in [0.15, 0.2) is 24.3 Å². The van der Waals surface area contributed by atoms with Crippen LogP contribution in [-0.4, -0.2) is 194 Å². The number of Topliss-reactive ketones (excluding diaryl/α,β-unsaturated/α-hetero) is 2. The summed E-state index contributed by atoms with van der Waals surface area (Å²) in [6, 6.07) is 5.14. The number of aliphatic carboxylic acids is 3. The van der Waals surface area contributed by atoms with E-state index in [-0.39, 0.29) is 109 Å². The van der Waals surface area contributed by atoms with E-state index in [2.05, 4.69) is 54.1 Å². The molecule has 0 aliphatic rings. The molecule has 0 fully saturated rings. The average molecular weight is 1170 g/mol. The van der Waals surface area contributed by atoms with Crippen LogP contribution in [0.3, 0.4) is 0 Å². The van der Waals surface area contributed by atoms with Crippen molar-refractivity contribution >= 4 is 74.7 Å². The summed E-state index contributed by atoms with van der Waals surface area (Å²) in [5, 5.41) is 54.2. The van der Waals surface area contributed by atoms with Gasteiger partial charge in [0.1, 0.15) is 31.1 Å². The van der Waals surface area contributed by atoms with Crippen molar-refractivity contribution in [3.63, 3.8) is 0 Å². The molecule has 81 heavy (non-hydrogen) atoms. The molecule has 30 heteroatoms. The highest BCUT2D eigenvalue weighted by Crippen LogP contribution is 2.14. The van der Waals surface area contributed by atoms with E-state index in [1.54, 1.807) is 19.1 Å². The average Bonchev–Trinajstić information content (AvgIpc) is 3.95. The zero-order valence-electron chi connectivity index (χ0n) is 46.5. The van der Waals surface area contributed by atoms with Crippen LogP contribution in [-0.2, 0) is 78.5 Å². The van der Waals surface area contributed by atoms with Crippen molar-refractivity contribution in [3.05, 3.63) is 35.7 Å². The number of hydrogen-bond acceptors (Lipinski definition) is 20. The topological polar surface area (TPSA) is 429 Å². The van der Waals surface area contributed by atoms with Gasteiger partial charge >= 0.3 is 17.9 Å². The summed E-state index contributed by atoms with van der Waals surface area (Å²) < 4.78 is 47.0. The van der Waals surface area contributed by atoms with Gasteiger partial charge in [-0.1, -0.05) is 26.0 Å². The van der Waals surface area contributed by atoms with Gasteiger partial charge in [0.25, 0.3) is 5.91 Å². The minimum absolute atomic E-state index is 0.00000913. The van der Waals surface area contributed by atoms with Gasteiger partial charge in [-0.2, -0.15) is 5.21 Å². The molecule has 0 aliphatic heterocycles. The quantitative estimate of drug-likeness (QED) is 0.0415. The minimum atomic E-state index is -3.89. The molecular formula is C51H82N10O19S.